The lowest BCUT2D eigenvalue weighted by Crippen LogP contribution is -2.38. The number of hydrogen-bond acceptors (Lipinski definition) is 5. The first-order valence-electron chi connectivity index (χ1n) is 9.29. The molecule has 7 nitrogen and oxygen atoms in total. The minimum absolute atomic E-state index is 0.0260. The van der Waals surface area contributed by atoms with Gasteiger partial charge in [-0.25, -0.2) is 10.2 Å². The Hall–Kier alpha value is -2.57. The molecule has 1 aromatic carbocycles. The monoisotopic (exact) mass is 375 g/mol. The van der Waals surface area contributed by atoms with Crippen LogP contribution in [0.25, 0.3) is 0 Å². The third kappa shape index (κ3) is 7.29. The number of rotatable bonds is 5. The Morgan fingerprint density at radius 3 is 2.33 bits per heavy atom. The minimum Gasteiger partial charge on any atom is -0.484 e. The third-order valence-electron chi connectivity index (χ3n) is 4.06. The summed E-state index contributed by atoms with van der Waals surface area (Å²) in [6.45, 7) is 8.84. The summed E-state index contributed by atoms with van der Waals surface area (Å²) in [6.07, 6.45) is 2.72. The highest BCUT2D eigenvalue weighted by Gasteiger charge is 2.17. The van der Waals surface area contributed by atoms with Gasteiger partial charge in [-0.2, -0.15) is 5.10 Å². The normalized spacial score (nSPS) is 15.3. The number of piperidine rings is 1. The molecule has 0 spiro atoms. The maximum absolute atomic E-state index is 12.1. The van der Waals surface area contributed by atoms with Crippen LogP contribution in [-0.2, 0) is 9.53 Å². The summed E-state index contributed by atoms with van der Waals surface area (Å²) in [5, 5.41) is 4.03. The molecule has 0 radical (unpaired) electrons. The van der Waals surface area contributed by atoms with Crippen LogP contribution in [0.1, 0.15) is 52.5 Å². The van der Waals surface area contributed by atoms with Gasteiger partial charge in [0.05, 0.1) is 5.71 Å². The molecule has 1 aromatic rings. The van der Waals surface area contributed by atoms with E-state index < -0.39 is 11.7 Å². The zero-order chi connectivity index (χ0) is 19.9. The van der Waals surface area contributed by atoms with Crippen molar-refractivity contribution in [1.82, 2.24) is 10.3 Å². The van der Waals surface area contributed by atoms with E-state index in [1.807, 2.05) is 17.0 Å². The molecule has 1 heterocycles. The molecule has 27 heavy (non-hydrogen) atoms. The molecule has 1 fully saturated rings. The van der Waals surface area contributed by atoms with E-state index in [1.54, 1.807) is 39.8 Å². The number of nitrogens with zero attached hydrogens (tertiary/aromatic N) is 2. The molecule has 0 atom stereocenters. The first-order valence-corrected chi connectivity index (χ1v) is 9.29. The van der Waals surface area contributed by atoms with Gasteiger partial charge in [-0.3, -0.25) is 4.79 Å². The summed E-state index contributed by atoms with van der Waals surface area (Å²) in [7, 11) is 0. The van der Waals surface area contributed by atoms with Crippen molar-refractivity contribution in [2.75, 3.05) is 19.7 Å². The van der Waals surface area contributed by atoms with E-state index >= 15 is 0 Å². The summed E-state index contributed by atoms with van der Waals surface area (Å²) < 4.78 is 10.7. The molecular weight excluding hydrogens is 346 g/mol. The quantitative estimate of drug-likeness (QED) is 0.632. The lowest BCUT2D eigenvalue weighted by Gasteiger charge is -2.26. The maximum Gasteiger partial charge on any atom is 0.428 e. The van der Waals surface area contributed by atoms with Gasteiger partial charge in [-0.1, -0.05) is 0 Å². The van der Waals surface area contributed by atoms with Gasteiger partial charge in [0.1, 0.15) is 11.4 Å². The minimum atomic E-state index is -0.599. The third-order valence-corrected chi connectivity index (χ3v) is 4.06. The molecule has 1 aliphatic heterocycles. The topological polar surface area (TPSA) is 80.2 Å². The Bertz CT molecular complexity index is 671. The zero-order valence-corrected chi connectivity index (χ0v) is 16.6. The number of carbonyl (C=O) groups is 2. The van der Waals surface area contributed by atoms with Crippen LogP contribution in [0.4, 0.5) is 4.79 Å². The Balaban J connectivity index is 1.83. The zero-order valence-electron chi connectivity index (χ0n) is 16.6. The second-order valence-corrected chi connectivity index (χ2v) is 7.57. The second-order valence-electron chi connectivity index (χ2n) is 7.57. The predicted molar refractivity (Wildman–Crippen MR) is 104 cm³/mol. The van der Waals surface area contributed by atoms with E-state index in [2.05, 4.69) is 10.5 Å². The van der Waals surface area contributed by atoms with Gasteiger partial charge in [-0.05, 0) is 76.8 Å². The predicted octanol–water partition coefficient (Wildman–Crippen LogP) is 3.33. The lowest BCUT2D eigenvalue weighted by atomic mass is 10.1. The molecule has 1 N–H and O–H groups in total. The van der Waals surface area contributed by atoms with Crippen molar-refractivity contribution in [1.29, 1.82) is 0 Å². The summed E-state index contributed by atoms with van der Waals surface area (Å²) in [5.74, 6) is 0.648. The first kappa shape index (κ1) is 20.7. The molecule has 148 valence electrons. The molecular formula is C20H29N3O4. The number of nitrogens with one attached hydrogen (secondary N) is 1. The van der Waals surface area contributed by atoms with Crippen molar-refractivity contribution in [3.05, 3.63) is 29.8 Å². The largest absolute Gasteiger partial charge is 0.484 e. The van der Waals surface area contributed by atoms with Gasteiger partial charge < -0.3 is 14.4 Å². The molecule has 0 bridgehead atoms. The fraction of sp³-hybridized carbons (Fsp3) is 0.550. The average Bonchev–Trinajstić information content (AvgIpc) is 2.64. The number of ether oxygens (including phenoxy) is 2. The van der Waals surface area contributed by atoms with Crippen LogP contribution in [0.2, 0.25) is 0 Å². The Morgan fingerprint density at radius 2 is 1.74 bits per heavy atom. The summed E-state index contributed by atoms with van der Waals surface area (Å²) in [4.78, 5) is 25.6. The van der Waals surface area contributed by atoms with Gasteiger partial charge in [0.2, 0.25) is 0 Å². The molecule has 7 heteroatoms. The van der Waals surface area contributed by atoms with E-state index in [1.165, 1.54) is 6.42 Å². The first-order chi connectivity index (χ1) is 12.7. The van der Waals surface area contributed by atoms with Crippen LogP contribution < -0.4 is 10.2 Å². The molecule has 0 aliphatic carbocycles. The number of carbonyl (C=O) groups excluding carboxylic acids is 2. The van der Waals surface area contributed by atoms with E-state index in [0.29, 0.717) is 11.5 Å². The number of likely N-dealkylation sites (tertiary alicyclic amines) is 1. The molecule has 0 aromatic heterocycles. The molecule has 0 saturated carbocycles. The van der Waals surface area contributed by atoms with E-state index in [4.69, 9.17) is 9.47 Å². The van der Waals surface area contributed by atoms with Gasteiger partial charge in [0.15, 0.2) is 6.61 Å². The summed E-state index contributed by atoms with van der Waals surface area (Å²) in [5.41, 5.74) is 3.27. The van der Waals surface area contributed by atoms with Gasteiger partial charge in [0, 0.05) is 13.1 Å². The molecule has 0 unspecified atom stereocenters. The Morgan fingerprint density at radius 1 is 1.11 bits per heavy atom. The highest BCUT2D eigenvalue weighted by Crippen LogP contribution is 2.14. The molecule has 1 saturated heterocycles. The van der Waals surface area contributed by atoms with E-state index in [-0.39, 0.29) is 12.5 Å². The smallest absolute Gasteiger partial charge is 0.428 e. The van der Waals surface area contributed by atoms with E-state index in [0.717, 1.165) is 31.5 Å². The number of hydrazone groups is 1. The van der Waals surface area contributed by atoms with Gasteiger partial charge in [0.25, 0.3) is 5.91 Å². The van der Waals surface area contributed by atoms with Crippen LogP contribution in [0.3, 0.4) is 0 Å². The lowest BCUT2D eigenvalue weighted by molar-refractivity contribution is -0.134. The number of benzene rings is 1. The van der Waals surface area contributed by atoms with Crippen molar-refractivity contribution in [3.63, 3.8) is 0 Å². The Labute approximate surface area is 160 Å². The highest BCUT2D eigenvalue weighted by atomic mass is 16.6. The summed E-state index contributed by atoms with van der Waals surface area (Å²) in [6, 6.07) is 7.23. The fourth-order valence-electron chi connectivity index (χ4n) is 2.67. The SMILES string of the molecule is C/C(=N/NC(=O)OC(C)(C)C)c1ccc(OCC(=O)N2CCCCC2)cc1. The fourth-order valence-corrected chi connectivity index (χ4v) is 2.67. The molecule has 2 amide bonds. The summed E-state index contributed by atoms with van der Waals surface area (Å²) >= 11 is 0. The van der Waals surface area contributed by atoms with Crippen molar-refractivity contribution in [2.45, 2.75) is 52.6 Å². The van der Waals surface area contributed by atoms with Crippen LogP contribution in [0.5, 0.6) is 5.75 Å². The van der Waals surface area contributed by atoms with Crippen LogP contribution in [0.15, 0.2) is 29.4 Å². The second kappa shape index (κ2) is 9.39. The average molecular weight is 375 g/mol. The van der Waals surface area contributed by atoms with Crippen molar-refractivity contribution < 1.29 is 19.1 Å². The number of amides is 2. The van der Waals surface area contributed by atoms with Gasteiger partial charge in [-0.15, -0.1) is 0 Å². The molecule has 1 aliphatic rings. The number of hydrogen-bond donors (Lipinski definition) is 1. The van der Waals surface area contributed by atoms with Crippen LogP contribution in [0, 0.1) is 0 Å². The standard InChI is InChI=1S/C20H29N3O4/c1-15(21-22-19(25)27-20(2,3)4)16-8-10-17(11-9-16)26-14-18(24)23-12-6-5-7-13-23/h8-11H,5-7,12-14H2,1-4H3,(H,22,25)/b21-15-. The molecule has 2 rings (SSSR count). The highest BCUT2D eigenvalue weighted by molar-refractivity contribution is 5.99. The van der Waals surface area contributed by atoms with Crippen molar-refractivity contribution >= 4 is 17.7 Å². The van der Waals surface area contributed by atoms with Crippen molar-refractivity contribution in [2.24, 2.45) is 5.10 Å². The van der Waals surface area contributed by atoms with E-state index in [9.17, 15) is 9.59 Å². The maximum atomic E-state index is 12.1. The van der Waals surface area contributed by atoms with Gasteiger partial charge >= 0.3 is 6.09 Å². The van der Waals surface area contributed by atoms with Crippen LogP contribution >= 0.6 is 0 Å². The van der Waals surface area contributed by atoms with Crippen molar-refractivity contribution in [3.8, 4) is 5.75 Å². The van der Waals surface area contributed by atoms with Crippen LogP contribution in [-0.4, -0.2) is 47.9 Å². The Kier molecular flexibility index (Phi) is 7.21.